The first-order chi connectivity index (χ1) is 12.2. The van der Waals surface area contributed by atoms with Gasteiger partial charge in [-0.1, -0.05) is 0 Å². The first-order valence-corrected chi connectivity index (χ1v) is 9.68. The van der Waals surface area contributed by atoms with Crippen LogP contribution >= 0.6 is 0 Å². The molecule has 0 spiro atoms. The summed E-state index contributed by atoms with van der Waals surface area (Å²) in [5, 5.41) is 2.87. The minimum atomic E-state index is -0.585. The van der Waals surface area contributed by atoms with Crippen molar-refractivity contribution in [3.05, 3.63) is 11.8 Å². The fraction of sp³-hybridized carbons (Fsp3) is 0.800. The lowest BCUT2D eigenvalue weighted by Crippen LogP contribution is -2.55. The highest BCUT2D eigenvalue weighted by Crippen LogP contribution is 2.32. The van der Waals surface area contributed by atoms with Gasteiger partial charge in [-0.25, -0.2) is 4.79 Å². The van der Waals surface area contributed by atoms with E-state index in [1.54, 1.807) is 13.4 Å². The summed E-state index contributed by atoms with van der Waals surface area (Å²) in [4.78, 5) is 27.3. The van der Waals surface area contributed by atoms with E-state index < -0.39 is 17.7 Å². The van der Waals surface area contributed by atoms with Crippen molar-refractivity contribution in [3.63, 3.8) is 0 Å². The monoisotopic (exact) mass is 366 g/mol. The van der Waals surface area contributed by atoms with Crippen LogP contribution in [0.15, 0.2) is 11.8 Å². The molecule has 6 heteroatoms. The van der Waals surface area contributed by atoms with Crippen molar-refractivity contribution in [2.75, 3.05) is 14.2 Å². The zero-order chi connectivity index (χ0) is 19.3. The second-order valence-electron chi connectivity index (χ2n) is 8.51. The largest absolute Gasteiger partial charge is 0.504 e. The molecule has 0 saturated heterocycles. The van der Waals surface area contributed by atoms with Crippen LogP contribution in [0.1, 0.15) is 65.7 Å². The fourth-order valence-corrected chi connectivity index (χ4v) is 3.62. The number of methoxy groups -OCH3 is 1. The number of nitrogens with zero attached hydrogens (tertiary/aromatic N) is 1. The molecule has 2 amide bonds. The normalized spacial score (nSPS) is 22.0. The average Bonchev–Trinajstić information content (AvgIpc) is 2.50. The molecule has 26 heavy (non-hydrogen) atoms. The molecule has 6 nitrogen and oxygen atoms in total. The summed E-state index contributed by atoms with van der Waals surface area (Å²) in [6.07, 6.45) is 8.06. The van der Waals surface area contributed by atoms with Gasteiger partial charge in [-0.2, -0.15) is 0 Å². The highest BCUT2D eigenvalue weighted by Gasteiger charge is 2.37. The summed E-state index contributed by atoms with van der Waals surface area (Å²) in [6.45, 7) is 5.48. The van der Waals surface area contributed by atoms with Crippen molar-refractivity contribution >= 4 is 12.0 Å². The molecule has 0 aromatic carbocycles. The van der Waals surface area contributed by atoms with Gasteiger partial charge in [-0.15, -0.1) is 0 Å². The molecular weight excluding hydrogens is 332 g/mol. The number of nitrogens with one attached hydrogen (secondary N) is 1. The summed E-state index contributed by atoms with van der Waals surface area (Å²) in [7, 11) is 3.51. The smallest absolute Gasteiger partial charge is 0.408 e. The summed E-state index contributed by atoms with van der Waals surface area (Å²) in [5.41, 5.74) is 0.679. The van der Waals surface area contributed by atoms with Crippen LogP contribution in [0.2, 0.25) is 0 Å². The number of allylic oxidation sites excluding steroid dienone is 1. The molecule has 0 aromatic heterocycles. The Bertz CT molecular complexity index is 524. The molecule has 1 atom stereocenters. The standard InChI is InChI=1S/C20H34N2O4/c1-20(2,3)26-19(24)21-17(18(23)22(4)16-7-6-8-16)15-11-9-14(10-12-15)13-25-5/h13,15-17H,6-12H2,1-5H3,(H,21,24)/t15?,17-/m0/s1. The lowest BCUT2D eigenvalue weighted by Gasteiger charge is -2.39. The average molecular weight is 367 g/mol. The third-order valence-corrected chi connectivity index (χ3v) is 5.34. The van der Waals surface area contributed by atoms with Crippen molar-refractivity contribution in [2.24, 2.45) is 5.92 Å². The predicted molar refractivity (Wildman–Crippen MR) is 101 cm³/mol. The van der Waals surface area contributed by atoms with E-state index in [1.807, 2.05) is 32.7 Å². The molecule has 2 aliphatic rings. The van der Waals surface area contributed by atoms with Gasteiger partial charge in [0.1, 0.15) is 11.6 Å². The fourth-order valence-electron chi connectivity index (χ4n) is 3.62. The van der Waals surface area contributed by atoms with Crippen molar-refractivity contribution in [1.82, 2.24) is 10.2 Å². The van der Waals surface area contributed by atoms with Gasteiger partial charge in [0, 0.05) is 13.1 Å². The van der Waals surface area contributed by atoms with Crippen molar-refractivity contribution < 1.29 is 19.1 Å². The summed E-state index contributed by atoms with van der Waals surface area (Å²) in [5.74, 6) is 0.122. The SMILES string of the molecule is COC=C1CCC([C@H](NC(=O)OC(C)(C)C)C(=O)N(C)C2CCC2)CC1. The van der Waals surface area contributed by atoms with E-state index in [0.717, 1.165) is 38.5 Å². The molecule has 0 aromatic rings. The number of alkyl carbamates (subject to hydrolysis) is 1. The Morgan fingerprint density at radius 2 is 1.81 bits per heavy atom. The number of likely N-dealkylation sites (N-methyl/N-ethyl adjacent to an activating group) is 1. The highest BCUT2D eigenvalue weighted by atomic mass is 16.6. The lowest BCUT2D eigenvalue weighted by atomic mass is 9.80. The number of carbonyl (C=O) groups excluding carboxylic acids is 2. The van der Waals surface area contributed by atoms with Gasteiger partial charge in [0.25, 0.3) is 0 Å². The molecule has 0 heterocycles. The van der Waals surface area contributed by atoms with Gasteiger partial charge in [0.15, 0.2) is 0 Å². The Kier molecular flexibility index (Phi) is 6.95. The molecule has 1 N–H and O–H groups in total. The molecule has 0 bridgehead atoms. The number of rotatable bonds is 5. The van der Waals surface area contributed by atoms with Crippen LogP contribution < -0.4 is 5.32 Å². The van der Waals surface area contributed by atoms with Gasteiger partial charge in [0.05, 0.1) is 13.4 Å². The molecule has 0 radical (unpaired) electrons. The van der Waals surface area contributed by atoms with E-state index in [9.17, 15) is 9.59 Å². The van der Waals surface area contributed by atoms with Crippen LogP contribution in [0.4, 0.5) is 4.79 Å². The number of carbonyl (C=O) groups is 2. The van der Waals surface area contributed by atoms with Crippen LogP contribution in [-0.4, -0.2) is 48.7 Å². The molecule has 2 fully saturated rings. The maximum absolute atomic E-state index is 13.1. The zero-order valence-corrected chi connectivity index (χ0v) is 16.8. The second kappa shape index (κ2) is 8.78. The van der Waals surface area contributed by atoms with Gasteiger partial charge in [-0.3, -0.25) is 4.79 Å². The third-order valence-electron chi connectivity index (χ3n) is 5.34. The van der Waals surface area contributed by atoms with Crippen LogP contribution in [0, 0.1) is 5.92 Å². The van der Waals surface area contributed by atoms with E-state index in [0.29, 0.717) is 6.04 Å². The molecule has 2 aliphatic carbocycles. The van der Waals surface area contributed by atoms with Gasteiger partial charge < -0.3 is 19.7 Å². The van der Waals surface area contributed by atoms with Crippen molar-refractivity contribution in [3.8, 4) is 0 Å². The zero-order valence-electron chi connectivity index (χ0n) is 16.8. The maximum atomic E-state index is 13.1. The Morgan fingerprint density at radius 1 is 1.19 bits per heavy atom. The lowest BCUT2D eigenvalue weighted by molar-refractivity contribution is -0.137. The maximum Gasteiger partial charge on any atom is 0.408 e. The Labute approximate surface area is 157 Å². The van der Waals surface area contributed by atoms with Crippen LogP contribution in [-0.2, 0) is 14.3 Å². The third kappa shape index (κ3) is 5.64. The molecule has 0 unspecified atom stereocenters. The highest BCUT2D eigenvalue weighted by molar-refractivity contribution is 5.86. The molecule has 0 aliphatic heterocycles. The molecule has 148 valence electrons. The number of ether oxygens (including phenoxy) is 2. The Morgan fingerprint density at radius 3 is 2.27 bits per heavy atom. The topological polar surface area (TPSA) is 67.9 Å². The van der Waals surface area contributed by atoms with Gasteiger partial charge in [0.2, 0.25) is 5.91 Å². The van der Waals surface area contributed by atoms with Crippen molar-refractivity contribution in [1.29, 1.82) is 0 Å². The molecule has 2 saturated carbocycles. The van der Waals surface area contributed by atoms with Gasteiger partial charge in [-0.05, 0) is 77.2 Å². The number of hydrogen-bond acceptors (Lipinski definition) is 4. The van der Waals surface area contributed by atoms with E-state index in [2.05, 4.69) is 5.32 Å². The van der Waals surface area contributed by atoms with Crippen LogP contribution in [0.3, 0.4) is 0 Å². The van der Waals surface area contributed by atoms with E-state index in [4.69, 9.17) is 9.47 Å². The van der Waals surface area contributed by atoms with E-state index in [1.165, 1.54) is 12.0 Å². The van der Waals surface area contributed by atoms with Crippen LogP contribution in [0.5, 0.6) is 0 Å². The summed E-state index contributed by atoms with van der Waals surface area (Å²) >= 11 is 0. The van der Waals surface area contributed by atoms with E-state index >= 15 is 0 Å². The first-order valence-electron chi connectivity index (χ1n) is 9.68. The van der Waals surface area contributed by atoms with Gasteiger partial charge >= 0.3 is 6.09 Å². The van der Waals surface area contributed by atoms with Crippen LogP contribution in [0.25, 0.3) is 0 Å². The first kappa shape index (κ1) is 20.6. The minimum absolute atomic E-state index is 0.00438. The number of hydrogen-bond donors (Lipinski definition) is 1. The quantitative estimate of drug-likeness (QED) is 0.755. The predicted octanol–water partition coefficient (Wildman–Crippen LogP) is 3.61. The Hall–Kier alpha value is -1.72. The Balaban J connectivity index is 2.06. The molecule has 2 rings (SSSR count). The molecular formula is C20H34N2O4. The summed E-state index contributed by atoms with van der Waals surface area (Å²) in [6, 6.07) is -0.225. The number of amides is 2. The summed E-state index contributed by atoms with van der Waals surface area (Å²) < 4.78 is 10.5. The second-order valence-corrected chi connectivity index (χ2v) is 8.51. The van der Waals surface area contributed by atoms with Crippen molar-refractivity contribution in [2.45, 2.75) is 83.4 Å². The minimum Gasteiger partial charge on any atom is -0.504 e. The van der Waals surface area contributed by atoms with E-state index in [-0.39, 0.29) is 11.8 Å².